The summed E-state index contributed by atoms with van der Waals surface area (Å²) in [4.78, 5) is 11.9. The Bertz CT molecular complexity index is 570. The van der Waals surface area contributed by atoms with Gasteiger partial charge in [0, 0.05) is 6.20 Å². The number of anilines is 1. The van der Waals surface area contributed by atoms with E-state index in [-0.39, 0.29) is 16.7 Å². The molecule has 0 saturated heterocycles. The maximum atomic E-state index is 12.3. The Kier molecular flexibility index (Phi) is 4.06. The minimum Gasteiger partial charge on any atom is -0.338 e. The van der Waals surface area contributed by atoms with Crippen molar-refractivity contribution in [3.63, 3.8) is 0 Å². The maximum absolute atomic E-state index is 12.3. The molecule has 8 heteroatoms. The van der Waals surface area contributed by atoms with Crippen molar-refractivity contribution in [3.05, 3.63) is 41.3 Å². The summed E-state index contributed by atoms with van der Waals surface area (Å²) in [5.41, 5.74) is 0.122. The number of halogens is 3. The molecule has 0 radical (unpaired) electrons. The minimum atomic E-state index is -2.53. The molecule has 19 heavy (non-hydrogen) atoms. The summed E-state index contributed by atoms with van der Waals surface area (Å²) in [6.45, 7) is -0.540. The van der Waals surface area contributed by atoms with Crippen molar-refractivity contribution < 1.29 is 13.6 Å². The van der Waals surface area contributed by atoms with Gasteiger partial charge in [0.2, 0.25) is 0 Å². The molecule has 0 bridgehead atoms. The summed E-state index contributed by atoms with van der Waals surface area (Å²) in [7, 11) is 0. The molecule has 2 rings (SSSR count). The van der Waals surface area contributed by atoms with Gasteiger partial charge in [-0.05, 0) is 24.3 Å². The predicted molar refractivity (Wildman–Crippen MR) is 65.4 cm³/mol. The van der Waals surface area contributed by atoms with E-state index in [1.807, 2.05) is 0 Å². The van der Waals surface area contributed by atoms with E-state index in [0.29, 0.717) is 0 Å². The molecule has 0 aliphatic heterocycles. The van der Waals surface area contributed by atoms with Crippen LogP contribution in [0.2, 0.25) is 5.15 Å². The van der Waals surface area contributed by atoms with E-state index in [2.05, 4.69) is 15.5 Å². The Balaban J connectivity index is 2.11. The maximum Gasteiger partial charge on any atom is 0.273 e. The number of nitrogens with zero attached hydrogens (tertiary/aromatic N) is 3. The van der Waals surface area contributed by atoms with Crippen molar-refractivity contribution in [1.82, 2.24) is 14.8 Å². The first kappa shape index (κ1) is 13.4. The van der Waals surface area contributed by atoms with Gasteiger partial charge in [-0.3, -0.25) is 4.79 Å². The molecule has 5 nitrogen and oxygen atoms in total. The summed E-state index contributed by atoms with van der Waals surface area (Å²) in [5, 5.41) is 9.85. The molecule has 2 heterocycles. The third-order valence-corrected chi connectivity index (χ3v) is 2.47. The normalized spacial score (nSPS) is 10.7. The molecule has 0 aliphatic carbocycles. The van der Waals surface area contributed by atoms with Crippen molar-refractivity contribution >= 4 is 23.3 Å². The van der Waals surface area contributed by atoms with Crippen LogP contribution in [0.3, 0.4) is 0 Å². The number of nitrogens with one attached hydrogen (secondary N) is 1. The zero-order valence-electron chi connectivity index (χ0n) is 9.55. The number of hydrogen-bond donors (Lipinski definition) is 1. The smallest absolute Gasteiger partial charge is 0.273 e. The van der Waals surface area contributed by atoms with Gasteiger partial charge in [-0.25, -0.2) is 8.78 Å². The van der Waals surface area contributed by atoms with E-state index in [9.17, 15) is 13.6 Å². The molecule has 0 atom stereocenters. The number of hydrogen-bond acceptors (Lipinski definition) is 3. The van der Waals surface area contributed by atoms with Crippen molar-refractivity contribution in [2.24, 2.45) is 0 Å². The number of carbonyl (C=O) groups is 1. The molecule has 1 N–H and O–H groups in total. The fraction of sp³-hybridized carbons (Fsp3) is 0.182. The van der Waals surface area contributed by atoms with Crippen LogP contribution in [0.15, 0.2) is 30.5 Å². The Morgan fingerprint density at radius 2 is 2.16 bits per heavy atom. The molecule has 0 spiro atoms. The monoisotopic (exact) mass is 286 g/mol. The minimum absolute atomic E-state index is 0.122. The van der Waals surface area contributed by atoms with Crippen LogP contribution in [0, 0.1) is 0 Å². The SMILES string of the molecule is O=C(Nc1ccc(Cl)nn1)c1cccn1CC(F)F. The summed E-state index contributed by atoms with van der Waals surface area (Å²) in [6, 6.07) is 5.89. The molecule has 2 aromatic heterocycles. The molecule has 0 saturated carbocycles. The van der Waals surface area contributed by atoms with Crippen molar-refractivity contribution in [3.8, 4) is 0 Å². The van der Waals surface area contributed by atoms with E-state index >= 15 is 0 Å². The summed E-state index contributed by atoms with van der Waals surface area (Å²) < 4.78 is 25.8. The van der Waals surface area contributed by atoms with Gasteiger partial charge in [0.25, 0.3) is 12.3 Å². The molecule has 2 aromatic rings. The van der Waals surface area contributed by atoms with Crippen molar-refractivity contribution in [2.45, 2.75) is 13.0 Å². The quantitative estimate of drug-likeness (QED) is 0.939. The zero-order chi connectivity index (χ0) is 13.8. The van der Waals surface area contributed by atoms with Crippen LogP contribution in [0.5, 0.6) is 0 Å². The summed E-state index contributed by atoms with van der Waals surface area (Å²) >= 11 is 5.56. The number of carbonyl (C=O) groups excluding carboxylic acids is 1. The average Bonchev–Trinajstić information content (AvgIpc) is 2.79. The molecule has 1 amide bonds. The van der Waals surface area contributed by atoms with Gasteiger partial charge in [-0.2, -0.15) is 0 Å². The Hall–Kier alpha value is -2.02. The van der Waals surface area contributed by atoms with E-state index in [4.69, 9.17) is 11.6 Å². The van der Waals surface area contributed by atoms with Crippen LogP contribution in [0.1, 0.15) is 10.5 Å². The highest BCUT2D eigenvalue weighted by molar-refractivity contribution is 6.29. The fourth-order valence-electron chi connectivity index (χ4n) is 1.49. The lowest BCUT2D eigenvalue weighted by Crippen LogP contribution is -2.19. The van der Waals surface area contributed by atoms with Gasteiger partial charge in [0.05, 0.1) is 6.54 Å². The number of amides is 1. The van der Waals surface area contributed by atoms with E-state index in [0.717, 1.165) is 0 Å². The number of alkyl halides is 2. The Morgan fingerprint density at radius 3 is 2.79 bits per heavy atom. The van der Waals surface area contributed by atoms with Crippen LogP contribution >= 0.6 is 11.6 Å². The summed E-state index contributed by atoms with van der Waals surface area (Å²) in [6.07, 6.45) is -1.12. The molecular formula is C11H9ClF2N4O. The molecule has 0 unspecified atom stereocenters. The van der Waals surface area contributed by atoms with Gasteiger partial charge >= 0.3 is 0 Å². The third kappa shape index (κ3) is 3.47. The number of rotatable bonds is 4. The lowest BCUT2D eigenvalue weighted by atomic mass is 10.4. The third-order valence-electron chi connectivity index (χ3n) is 2.27. The Morgan fingerprint density at radius 1 is 1.37 bits per heavy atom. The van der Waals surface area contributed by atoms with Crippen LogP contribution in [0.25, 0.3) is 0 Å². The first-order chi connectivity index (χ1) is 9.06. The topological polar surface area (TPSA) is 59.8 Å². The standard InChI is InChI=1S/C11H9ClF2N4O/c12-8-3-4-10(17-16-8)15-11(19)7-2-1-5-18(7)6-9(13)14/h1-5,9H,6H2,(H,15,17,19). The Labute approximate surface area is 112 Å². The second-order valence-electron chi connectivity index (χ2n) is 3.63. The van der Waals surface area contributed by atoms with Gasteiger partial charge in [-0.15, -0.1) is 10.2 Å². The highest BCUT2D eigenvalue weighted by Gasteiger charge is 2.14. The highest BCUT2D eigenvalue weighted by atomic mass is 35.5. The van der Waals surface area contributed by atoms with Crippen molar-refractivity contribution in [2.75, 3.05) is 5.32 Å². The predicted octanol–water partition coefficient (Wildman–Crippen LogP) is 2.45. The fourth-order valence-corrected chi connectivity index (χ4v) is 1.59. The van der Waals surface area contributed by atoms with E-state index in [1.165, 1.54) is 35.0 Å². The molecular weight excluding hydrogens is 278 g/mol. The second-order valence-corrected chi connectivity index (χ2v) is 4.02. The van der Waals surface area contributed by atoms with E-state index < -0.39 is 18.9 Å². The molecule has 0 fully saturated rings. The zero-order valence-corrected chi connectivity index (χ0v) is 10.3. The van der Waals surface area contributed by atoms with E-state index in [1.54, 1.807) is 0 Å². The van der Waals surface area contributed by atoms with Gasteiger partial charge in [0.1, 0.15) is 5.69 Å². The average molecular weight is 287 g/mol. The van der Waals surface area contributed by atoms with Crippen molar-refractivity contribution in [1.29, 1.82) is 0 Å². The highest BCUT2D eigenvalue weighted by Crippen LogP contribution is 2.10. The first-order valence-corrected chi connectivity index (χ1v) is 5.68. The number of aromatic nitrogens is 3. The van der Waals surface area contributed by atoms with Crippen LogP contribution in [-0.2, 0) is 6.54 Å². The lowest BCUT2D eigenvalue weighted by Gasteiger charge is -2.08. The lowest BCUT2D eigenvalue weighted by molar-refractivity contribution is 0.0997. The second kappa shape index (κ2) is 5.75. The van der Waals surface area contributed by atoms with Gasteiger partial charge < -0.3 is 9.88 Å². The molecule has 0 aromatic carbocycles. The largest absolute Gasteiger partial charge is 0.338 e. The van der Waals surface area contributed by atoms with Crippen LogP contribution in [-0.4, -0.2) is 27.1 Å². The molecule has 100 valence electrons. The van der Waals surface area contributed by atoms with Crippen LogP contribution in [0.4, 0.5) is 14.6 Å². The molecule has 0 aliphatic rings. The van der Waals surface area contributed by atoms with Gasteiger partial charge in [-0.1, -0.05) is 11.6 Å². The van der Waals surface area contributed by atoms with Crippen LogP contribution < -0.4 is 5.32 Å². The summed E-state index contributed by atoms with van der Waals surface area (Å²) in [5.74, 6) is -0.346. The van der Waals surface area contributed by atoms with Gasteiger partial charge in [0.15, 0.2) is 11.0 Å². The first-order valence-electron chi connectivity index (χ1n) is 5.30.